The van der Waals surface area contributed by atoms with E-state index in [1.807, 2.05) is 0 Å². The molecule has 0 aromatic rings. The summed E-state index contributed by atoms with van der Waals surface area (Å²) in [6.07, 6.45) is 79.0. The van der Waals surface area contributed by atoms with Crippen molar-refractivity contribution in [3.05, 3.63) is 72.9 Å². The number of rotatable bonds is 57. The van der Waals surface area contributed by atoms with Gasteiger partial charge in [0.05, 0.1) is 0 Å². The van der Waals surface area contributed by atoms with Crippen molar-refractivity contribution in [3.63, 3.8) is 0 Å². The molecule has 0 aromatic carbocycles. The first-order chi connectivity index (χ1) is 36.0. The quantitative estimate of drug-likeness (QED) is 0.0261. The number of allylic oxidation sites excluding steroid dienone is 12. The topological polar surface area (TPSA) is 78.9 Å². The summed E-state index contributed by atoms with van der Waals surface area (Å²) in [5.41, 5.74) is 0. The minimum Gasteiger partial charge on any atom is -0.462 e. The maximum Gasteiger partial charge on any atom is 0.306 e. The van der Waals surface area contributed by atoms with Gasteiger partial charge in [-0.05, 0) is 89.9 Å². The van der Waals surface area contributed by atoms with E-state index in [-0.39, 0.29) is 31.1 Å². The van der Waals surface area contributed by atoms with Crippen molar-refractivity contribution in [1.29, 1.82) is 0 Å². The van der Waals surface area contributed by atoms with Crippen molar-refractivity contribution in [3.8, 4) is 0 Å². The molecule has 0 aliphatic rings. The normalized spacial score (nSPS) is 12.5. The number of ether oxygens (including phenoxy) is 3. The predicted octanol–water partition coefficient (Wildman–Crippen LogP) is 21.3. The van der Waals surface area contributed by atoms with E-state index in [2.05, 4.69) is 93.7 Å². The minimum absolute atomic E-state index is 0.0857. The first kappa shape index (κ1) is 69.8. The van der Waals surface area contributed by atoms with Gasteiger partial charge >= 0.3 is 17.9 Å². The summed E-state index contributed by atoms with van der Waals surface area (Å²) in [4.78, 5) is 38.3. The molecule has 0 aliphatic carbocycles. The third-order valence-electron chi connectivity index (χ3n) is 13.7. The molecule has 0 rings (SSSR count). The van der Waals surface area contributed by atoms with E-state index in [0.717, 1.165) is 96.3 Å². The molecule has 0 amide bonds. The average molecular weight is 1020 g/mol. The SMILES string of the molecule is CC/C=C\C/C=C\C/C=C\C/C=C\C/C=C\CCCCCC(=O)OC[C@H](COC(=O)CCCCCCCCC/C=C\CCCCCC)OC(=O)CCCCCCCCCCCCCCCCCCCCCCC. The lowest BCUT2D eigenvalue weighted by Gasteiger charge is -2.18. The molecule has 0 bridgehead atoms. The Morgan fingerprint density at radius 3 is 0.877 bits per heavy atom. The van der Waals surface area contributed by atoms with E-state index < -0.39 is 6.10 Å². The van der Waals surface area contributed by atoms with Crippen LogP contribution in [0.5, 0.6) is 0 Å². The molecule has 0 aromatic heterocycles. The van der Waals surface area contributed by atoms with Crippen molar-refractivity contribution >= 4 is 17.9 Å². The molecule has 1 atom stereocenters. The molecule has 0 heterocycles. The van der Waals surface area contributed by atoms with Gasteiger partial charge in [-0.15, -0.1) is 0 Å². The first-order valence-electron chi connectivity index (χ1n) is 31.4. The van der Waals surface area contributed by atoms with Gasteiger partial charge in [0.25, 0.3) is 0 Å². The molecule has 0 aliphatic heterocycles. The van der Waals surface area contributed by atoms with Crippen LogP contribution in [0.15, 0.2) is 72.9 Å². The van der Waals surface area contributed by atoms with Crippen LogP contribution in [0.1, 0.15) is 316 Å². The van der Waals surface area contributed by atoms with E-state index in [1.54, 1.807) is 0 Å². The molecule has 6 nitrogen and oxygen atoms in total. The number of hydrogen-bond acceptors (Lipinski definition) is 6. The Morgan fingerprint density at radius 1 is 0.288 bits per heavy atom. The molecule has 0 spiro atoms. The summed E-state index contributed by atoms with van der Waals surface area (Å²) >= 11 is 0. The highest BCUT2D eigenvalue weighted by Crippen LogP contribution is 2.17. The largest absolute Gasteiger partial charge is 0.462 e. The molecule has 0 radical (unpaired) electrons. The highest BCUT2D eigenvalue weighted by molar-refractivity contribution is 5.71. The Bertz CT molecular complexity index is 1360. The fourth-order valence-electron chi connectivity index (χ4n) is 9.00. The molecular weight excluding hydrogens is 901 g/mol. The molecule has 0 saturated heterocycles. The standard InChI is InChI=1S/C67H118O6/c1-4-7-10-13-16-19-22-25-28-30-32-33-35-37-40-43-46-49-52-55-58-61-67(70)73-64(62-71-65(68)59-56-53-50-47-44-41-38-27-24-21-18-15-12-9-6-3)63-72-66(69)60-57-54-51-48-45-42-39-36-34-31-29-26-23-20-17-14-11-8-5-2/h8,11,17,20-21,24,26,29,34,36,42,45,64H,4-7,9-10,12-16,18-19,22-23,25,27-28,30-33,35,37-41,43-44,46-63H2,1-3H3/b11-8-,20-17-,24-21-,29-26-,36-34-,45-42-/t64-/m0/s1. The number of carbonyl (C=O) groups excluding carboxylic acids is 3. The molecule has 0 N–H and O–H groups in total. The summed E-state index contributed by atoms with van der Waals surface area (Å²) in [6, 6.07) is 0. The van der Waals surface area contributed by atoms with Gasteiger partial charge in [-0.3, -0.25) is 14.4 Å². The van der Waals surface area contributed by atoms with E-state index in [1.165, 1.54) is 180 Å². The Labute approximate surface area is 453 Å². The van der Waals surface area contributed by atoms with Crippen molar-refractivity contribution in [2.45, 2.75) is 322 Å². The molecule has 422 valence electrons. The summed E-state index contributed by atoms with van der Waals surface area (Å²) < 4.78 is 16.9. The van der Waals surface area contributed by atoms with Gasteiger partial charge in [-0.1, -0.05) is 280 Å². The van der Waals surface area contributed by atoms with Gasteiger partial charge in [0.15, 0.2) is 6.10 Å². The molecule has 73 heavy (non-hydrogen) atoms. The van der Waals surface area contributed by atoms with Crippen LogP contribution >= 0.6 is 0 Å². The number of unbranched alkanes of at least 4 members (excludes halogenated alkanes) is 34. The summed E-state index contributed by atoms with van der Waals surface area (Å²) in [5, 5.41) is 0. The maximum absolute atomic E-state index is 12.9. The molecule has 6 heteroatoms. The Morgan fingerprint density at radius 2 is 0.534 bits per heavy atom. The Balaban J connectivity index is 4.39. The van der Waals surface area contributed by atoms with Gasteiger partial charge in [-0.25, -0.2) is 0 Å². The maximum atomic E-state index is 12.9. The number of hydrogen-bond donors (Lipinski definition) is 0. The van der Waals surface area contributed by atoms with Crippen LogP contribution in [0.4, 0.5) is 0 Å². The van der Waals surface area contributed by atoms with E-state index >= 15 is 0 Å². The van der Waals surface area contributed by atoms with Crippen LogP contribution in [-0.2, 0) is 28.6 Å². The van der Waals surface area contributed by atoms with E-state index in [4.69, 9.17) is 14.2 Å². The van der Waals surface area contributed by atoms with Crippen molar-refractivity contribution in [2.24, 2.45) is 0 Å². The van der Waals surface area contributed by atoms with Crippen LogP contribution < -0.4 is 0 Å². The fraction of sp³-hybridized carbons (Fsp3) is 0.776. The molecule has 0 saturated carbocycles. The first-order valence-corrected chi connectivity index (χ1v) is 31.4. The zero-order valence-electron chi connectivity index (χ0n) is 48.4. The van der Waals surface area contributed by atoms with Crippen LogP contribution in [0.2, 0.25) is 0 Å². The summed E-state index contributed by atoms with van der Waals surface area (Å²) in [5.74, 6) is -0.907. The second-order valence-corrected chi connectivity index (χ2v) is 20.9. The highest BCUT2D eigenvalue weighted by Gasteiger charge is 2.19. The minimum atomic E-state index is -0.790. The zero-order valence-corrected chi connectivity index (χ0v) is 48.4. The third-order valence-corrected chi connectivity index (χ3v) is 13.7. The van der Waals surface area contributed by atoms with E-state index in [9.17, 15) is 14.4 Å². The lowest BCUT2D eigenvalue weighted by atomic mass is 10.0. The lowest BCUT2D eigenvalue weighted by molar-refractivity contribution is -0.167. The van der Waals surface area contributed by atoms with Crippen LogP contribution in [0, 0.1) is 0 Å². The van der Waals surface area contributed by atoms with Gasteiger partial charge in [0.2, 0.25) is 0 Å². The van der Waals surface area contributed by atoms with Gasteiger partial charge < -0.3 is 14.2 Å². The average Bonchev–Trinajstić information content (AvgIpc) is 3.39. The molecule has 0 fully saturated rings. The Kier molecular flexibility index (Phi) is 58.7. The third kappa shape index (κ3) is 59.6. The van der Waals surface area contributed by atoms with Crippen LogP contribution in [-0.4, -0.2) is 37.2 Å². The smallest absolute Gasteiger partial charge is 0.306 e. The van der Waals surface area contributed by atoms with Gasteiger partial charge in [-0.2, -0.15) is 0 Å². The predicted molar refractivity (Wildman–Crippen MR) is 316 cm³/mol. The summed E-state index contributed by atoms with van der Waals surface area (Å²) in [7, 11) is 0. The monoisotopic (exact) mass is 1020 g/mol. The highest BCUT2D eigenvalue weighted by atomic mass is 16.6. The van der Waals surface area contributed by atoms with Crippen molar-refractivity contribution < 1.29 is 28.6 Å². The number of esters is 3. The molecule has 0 unspecified atom stereocenters. The molecular formula is C67H118O6. The van der Waals surface area contributed by atoms with Gasteiger partial charge in [0, 0.05) is 19.3 Å². The summed E-state index contributed by atoms with van der Waals surface area (Å²) in [6.45, 7) is 6.52. The second-order valence-electron chi connectivity index (χ2n) is 20.9. The lowest BCUT2D eigenvalue weighted by Crippen LogP contribution is -2.30. The zero-order chi connectivity index (χ0) is 52.9. The van der Waals surface area contributed by atoms with Crippen molar-refractivity contribution in [2.75, 3.05) is 13.2 Å². The van der Waals surface area contributed by atoms with Crippen molar-refractivity contribution in [1.82, 2.24) is 0 Å². The van der Waals surface area contributed by atoms with Gasteiger partial charge in [0.1, 0.15) is 13.2 Å². The van der Waals surface area contributed by atoms with Crippen LogP contribution in [0.25, 0.3) is 0 Å². The number of carbonyl (C=O) groups is 3. The second kappa shape index (κ2) is 61.4. The van der Waals surface area contributed by atoms with E-state index in [0.29, 0.717) is 19.3 Å². The Hall–Kier alpha value is -3.15. The fourth-order valence-corrected chi connectivity index (χ4v) is 9.00. The van der Waals surface area contributed by atoms with Crippen LogP contribution in [0.3, 0.4) is 0 Å².